The van der Waals surface area contributed by atoms with Gasteiger partial charge in [0, 0.05) is 0 Å². The van der Waals surface area contributed by atoms with Crippen LogP contribution in [0.3, 0.4) is 0 Å². The molecule has 5 aromatic rings. The highest BCUT2D eigenvalue weighted by molar-refractivity contribution is 5.87. The van der Waals surface area contributed by atoms with Crippen LogP contribution in [-0.4, -0.2) is 26.4 Å². The molecule has 0 atom stereocenters. The zero-order valence-corrected chi connectivity index (χ0v) is 20.1. The van der Waals surface area contributed by atoms with Gasteiger partial charge in [0.1, 0.15) is 17.2 Å². The molecule has 5 nitrogen and oxygen atoms in total. The summed E-state index contributed by atoms with van der Waals surface area (Å²) in [6.07, 6.45) is 0.806. The van der Waals surface area contributed by atoms with Gasteiger partial charge in [0.25, 0.3) is 0 Å². The molecule has 0 aliphatic heterocycles. The van der Waals surface area contributed by atoms with Crippen molar-refractivity contribution in [3.63, 3.8) is 0 Å². The number of phenolic OH excluding ortho intramolecular Hbond substituents is 3. The van der Waals surface area contributed by atoms with E-state index < -0.39 is 5.97 Å². The number of hydrogen-bond acceptors (Lipinski definition) is 4. The van der Waals surface area contributed by atoms with E-state index >= 15 is 0 Å². The number of carboxylic acids is 1. The molecule has 0 fully saturated rings. The minimum Gasteiger partial charge on any atom is -0.508 e. The second kappa shape index (κ2) is 13.8. The number of carbonyl (C=O) groups is 1. The van der Waals surface area contributed by atoms with Crippen LogP contribution in [-0.2, 0) is 6.42 Å². The van der Waals surface area contributed by atoms with E-state index in [0.717, 1.165) is 23.1 Å². The van der Waals surface area contributed by atoms with Gasteiger partial charge in [-0.05, 0) is 77.2 Å². The van der Waals surface area contributed by atoms with E-state index in [1.807, 2.05) is 66.7 Å². The molecule has 0 aliphatic rings. The SMILES string of the molecule is O=C(O)c1ccccc1.Oc1ccc(-c2ccccc2)cc1.Oc1ccc(Cc2ccc(O)cc2)cc1. The van der Waals surface area contributed by atoms with Crippen molar-refractivity contribution >= 4 is 5.97 Å². The minimum absolute atomic E-state index is 0.282. The van der Waals surface area contributed by atoms with Gasteiger partial charge >= 0.3 is 5.97 Å². The van der Waals surface area contributed by atoms with Crippen LogP contribution in [0.25, 0.3) is 11.1 Å². The number of aromatic hydroxyl groups is 3. The topological polar surface area (TPSA) is 98.0 Å². The molecule has 186 valence electrons. The summed E-state index contributed by atoms with van der Waals surface area (Å²) in [6.45, 7) is 0. The van der Waals surface area contributed by atoms with Gasteiger partial charge in [-0.15, -0.1) is 0 Å². The normalized spacial score (nSPS) is 9.73. The van der Waals surface area contributed by atoms with Gasteiger partial charge in [-0.25, -0.2) is 4.79 Å². The number of benzene rings is 5. The van der Waals surface area contributed by atoms with E-state index in [1.165, 1.54) is 5.56 Å². The molecule has 0 heterocycles. The summed E-state index contributed by atoms with van der Waals surface area (Å²) in [4.78, 5) is 10.2. The van der Waals surface area contributed by atoms with Crippen LogP contribution in [0.2, 0.25) is 0 Å². The van der Waals surface area contributed by atoms with Crippen LogP contribution in [0.4, 0.5) is 0 Å². The summed E-state index contributed by atoms with van der Waals surface area (Å²) in [5, 5.41) is 35.7. The third-order valence-corrected chi connectivity index (χ3v) is 5.28. The van der Waals surface area contributed by atoms with Gasteiger partial charge in [0.2, 0.25) is 0 Å². The number of hydrogen-bond donors (Lipinski definition) is 4. The number of phenols is 3. The molecule has 0 bridgehead atoms. The predicted octanol–water partition coefficient (Wildman–Crippen LogP) is 7.13. The molecule has 4 N–H and O–H groups in total. The Morgan fingerprint density at radius 3 is 1.19 bits per heavy atom. The Balaban J connectivity index is 0.000000159. The quantitative estimate of drug-likeness (QED) is 0.214. The third kappa shape index (κ3) is 9.26. The number of carboxylic acid groups (broad SMARTS) is 1. The van der Waals surface area contributed by atoms with Crippen LogP contribution >= 0.6 is 0 Å². The lowest BCUT2D eigenvalue weighted by atomic mass is 10.1. The van der Waals surface area contributed by atoms with Gasteiger partial charge in [0.05, 0.1) is 5.56 Å². The highest BCUT2D eigenvalue weighted by atomic mass is 16.4. The van der Waals surface area contributed by atoms with Gasteiger partial charge in [0.15, 0.2) is 0 Å². The second-order valence-electron chi connectivity index (χ2n) is 8.09. The molecule has 37 heavy (non-hydrogen) atoms. The van der Waals surface area contributed by atoms with E-state index in [9.17, 15) is 4.79 Å². The fraction of sp³-hybridized carbons (Fsp3) is 0.0312. The molecule has 0 saturated heterocycles. The summed E-state index contributed by atoms with van der Waals surface area (Å²) in [6, 6.07) is 39.9. The molecular formula is C32H28O5. The van der Waals surface area contributed by atoms with Gasteiger partial charge in [-0.2, -0.15) is 0 Å². The molecule has 0 radical (unpaired) electrons. The van der Waals surface area contributed by atoms with Crippen molar-refractivity contribution in [2.75, 3.05) is 0 Å². The molecule has 5 heteroatoms. The zero-order valence-electron chi connectivity index (χ0n) is 20.1. The van der Waals surface area contributed by atoms with Crippen LogP contribution in [0, 0.1) is 0 Å². The van der Waals surface area contributed by atoms with E-state index in [2.05, 4.69) is 0 Å². The van der Waals surface area contributed by atoms with Crippen molar-refractivity contribution in [1.29, 1.82) is 0 Å². The average molecular weight is 493 g/mol. The number of rotatable bonds is 4. The first-order valence-electron chi connectivity index (χ1n) is 11.6. The van der Waals surface area contributed by atoms with Crippen LogP contribution in [0.5, 0.6) is 17.2 Å². The van der Waals surface area contributed by atoms with E-state index in [0.29, 0.717) is 11.3 Å². The molecule has 5 rings (SSSR count). The molecular weight excluding hydrogens is 464 g/mol. The lowest BCUT2D eigenvalue weighted by Crippen LogP contribution is -1.93. The third-order valence-electron chi connectivity index (χ3n) is 5.28. The summed E-state index contributed by atoms with van der Waals surface area (Å²) in [5.74, 6) is -0.0100. The van der Waals surface area contributed by atoms with Gasteiger partial charge in [-0.3, -0.25) is 0 Å². The van der Waals surface area contributed by atoms with E-state index in [1.54, 1.807) is 66.7 Å². The van der Waals surface area contributed by atoms with Crippen molar-refractivity contribution in [3.8, 4) is 28.4 Å². The fourth-order valence-corrected chi connectivity index (χ4v) is 3.33. The highest BCUT2D eigenvalue weighted by Gasteiger charge is 1.98. The zero-order chi connectivity index (χ0) is 26.5. The van der Waals surface area contributed by atoms with Gasteiger partial charge < -0.3 is 20.4 Å². The highest BCUT2D eigenvalue weighted by Crippen LogP contribution is 2.21. The molecule has 5 aromatic carbocycles. The maximum absolute atomic E-state index is 10.2. The lowest BCUT2D eigenvalue weighted by molar-refractivity contribution is 0.0697. The Morgan fingerprint density at radius 2 is 0.811 bits per heavy atom. The smallest absolute Gasteiger partial charge is 0.335 e. The maximum atomic E-state index is 10.2. The molecule has 0 unspecified atom stereocenters. The van der Waals surface area contributed by atoms with Gasteiger partial charge in [-0.1, -0.05) is 84.9 Å². The van der Waals surface area contributed by atoms with Crippen LogP contribution in [0.15, 0.2) is 133 Å². The molecule has 0 spiro atoms. The molecule has 0 aromatic heterocycles. The van der Waals surface area contributed by atoms with Crippen molar-refractivity contribution in [2.24, 2.45) is 0 Å². The maximum Gasteiger partial charge on any atom is 0.335 e. The summed E-state index contributed by atoms with van der Waals surface area (Å²) in [5.41, 5.74) is 4.90. The molecule has 0 amide bonds. The first-order valence-corrected chi connectivity index (χ1v) is 11.6. The molecule has 0 aliphatic carbocycles. The van der Waals surface area contributed by atoms with E-state index in [-0.39, 0.29) is 11.5 Å². The summed E-state index contributed by atoms with van der Waals surface area (Å²) in [7, 11) is 0. The Bertz CT molecular complexity index is 1300. The Kier molecular flexibility index (Phi) is 9.88. The summed E-state index contributed by atoms with van der Waals surface area (Å²) < 4.78 is 0. The first-order chi connectivity index (χ1) is 17.9. The monoisotopic (exact) mass is 492 g/mol. The Hall–Kier alpha value is -5.03. The van der Waals surface area contributed by atoms with Crippen molar-refractivity contribution < 1.29 is 25.2 Å². The average Bonchev–Trinajstić information content (AvgIpc) is 2.93. The van der Waals surface area contributed by atoms with Crippen LogP contribution < -0.4 is 0 Å². The fourth-order valence-electron chi connectivity index (χ4n) is 3.33. The minimum atomic E-state index is -0.879. The predicted molar refractivity (Wildman–Crippen MR) is 146 cm³/mol. The first kappa shape index (κ1) is 26.6. The summed E-state index contributed by atoms with van der Waals surface area (Å²) >= 11 is 0. The lowest BCUT2D eigenvalue weighted by Gasteiger charge is -2.02. The number of aromatic carboxylic acids is 1. The van der Waals surface area contributed by atoms with E-state index in [4.69, 9.17) is 20.4 Å². The van der Waals surface area contributed by atoms with Crippen LogP contribution in [0.1, 0.15) is 21.5 Å². The van der Waals surface area contributed by atoms with Crippen molar-refractivity contribution in [3.05, 3.63) is 150 Å². The second-order valence-corrected chi connectivity index (χ2v) is 8.09. The Morgan fingerprint density at radius 1 is 0.459 bits per heavy atom. The Labute approximate surface area is 216 Å². The van der Waals surface area contributed by atoms with Crippen molar-refractivity contribution in [1.82, 2.24) is 0 Å². The molecule has 0 saturated carbocycles. The standard InChI is InChI=1S/C13H12O2.C12H10O.C7H6O2/c14-12-5-1-10(2-6-12)9-11-3-7-13(15)8-4-11;13-12-8-6-11(7-9-12)10-4-2-1-3-5-10;8-7(9)6-4-2-1-3-5-6/h1-8,14-15H,9H2;1-9,13H;1-5H,(H,8,9). The van der Waals surface area contributed by atoms with Crippen molar-refractivity contribution in [2.45, 2.75) is 6.42 Å². The largest absolute Gasteiger partial charge is 0.508 e.